The van der Waals surface area contributed by atoms with Crippen molar-refractivity contribution in [2.45, 2.75) is 43.0 Å². The molecule has 0 bridgehead atoms. The average Bonchev–Trinajstić information content (AvgIpc) is 2.25. The maximum Gasteiger partial charge on any atom is 0.214 e. The Morgan fingerprint density at radius 1 is 1.31 bits per heavy atom. The van der Waals surface area contributed by atoms with Crippen molar-refractivity contribution >= 4 is 10.0 Å². The first kappa shape index (κ1) is 12.3. The van der Waals surface area contributed by atoms with Gasteiger partial charge >= 0.3 is 0 Å². The maximum absolute atomic E-state index is 11.9. The van der Waals surface area contributed by atoms with Gasteiger partial charge in [0, 0.05) is 19.8 Å². The van der Waals surface area contributed by atoms with Crippen molar-refractivity contribution in [3.63, 3.8) is 0 Å². The molecule has 1 saturated heterocycles. The molecule has 2 N–H and O–H groups in total. The summed E-state index contributed by atoms with van der Waals surface area (Å²) in [5, 5.41) is 9.46. The minimum Gasteiger partial charge on any atom is -0.389 e. The Labute approximate surface area is 96.2 Å². The first-order valence-corrected chi connectivity index (χ1v) is 7.35. The smallest absolute Gasteiger partial charge is 0.214 e. The summed E-state index contributed by atoms with van der Waals surface area (Å²) >= 11 is 0. The van der Waals surface area contributed by atoms with Gasteiger partial charge in [0.2, 0.25) is 10.0 Å². The minimum absolute atomic E-state index is 0.159. The van der Waals surface area contributed by atoms with E-state index in [-0.39, 0.29) is 11.8 Å². The van der Waals surface area contributed by atoms with Crippen molar-refractivity contribution in [2.75, 3.05) is 19.8 Å². The van der Waals surface area contributed by atoms with Gasteiger partial charge < -0.3 is 9.84 Å². The third kappa shape index (κ3) is 2.74. The fraction of sp³-hybridized carbons (Fsp3) is 1.00. The Morgan fingerprint density at radius 3 is 2.44 bits per heavy atom. The zero-order valence-corrected chi connectivity index (χ0v) is 10.1. The highest BCUT2D eigenvalue weighted by molar-refractivity contribution is 7.90. The fourth-order valence-corrected chi connectivity index (χ4v) is 3.62. The Hall–Kier alpha value is -0.170. The maximum atomic E-state index is 11.9. The first-order chi connectivity index (χ1) is 7.52. The average molecular weight is 249 g/mol. The minimum atomic E-state index is -3.28. The SMILES string of the molecule is O=S(=O)(NCC1(O)CCC1)C1CCOCC1. The lowest BCUT2D eigenvalue weighted by molar-refractivity contribution is -0.0271. The third-order valence-corrected chi connectivity index (χ3v) is 5.39. The van der Waals surface area contributed by atoms with E-state index in [0.29, 0.717) is 38.9 Å². The zero-order chi connectivity index (χ0) is 11.6. The van der Waals surface area contributed by atoms with Crippen molar-refractivity contribution in [1.29, 1.82) is 0 Å². The van der Waals surface area contributed by atoms with Gasteiger partial charge in [-0.05, 0) is 32.1 Å². The van der Waals surface area contributed by atoms with Crippen LogP contribution in [0.15, 0.2) is 0 Å². The lowest BCUT2D eigenvalue weighted by atomic mass is 9.81. The molecule has 1 heterocycles. The molecule has 6 heteroatoms. The first-order valence-electron chi connectivity index (χ1n) is 5.80. The van der Waals surface area contributed by atoms with Gasteiger partial charge in [-0.2, -0.15) is 0 Å². The van der Waals surface area contributed by atoms with E-state index in [0.717, 1.165) is 6.42 Å². The summed E-state index contributed by atoms with van der Waals surface area (Å²) in [5.74, 6) is 0. The lowest BCUT2D eigenvalue weighted by Gasteiger charge is -2.37. The molecule has 1 aliphatic heterocycles. The Bertz CT molecular complexity index is 331. The number of ether oxygens (including phenoxy) is 1. The number of aliphatic hydroxyl groups is 1. The molecule has 2 aliphatic rings. The van der Waals surface area contributed by atoms with Crippen LogP contribution in [-0.4, -0.2) is 44.1 Å². The Morgan fingerprint density at radius 2 is 1.94 bits per heavy atom. The largest absolute Gasteiger partial charge is 0.389 e. The summed E-state index contributed by atoms with van der Waals surface area (Å²) < 4.78 is 31.5. The monoisotopic (exact) mass is 249 g/mol. The Balaban J connectivity index is 1.86. The summed E-state index contributed by atoms with van der Waals surface area (Å²) in [6.45, 7) is 1.18. The second kappa shape index (κ2) is 4.60. The molecule has 0 aromatic rings. The topological polar surface area (TPSA) is 75.6 Å². The molecular weight excluding hydrogens is 230 g/mol. The van der Waals surface area contributed by atoms with Gasteiger partial charge in [0.25, 0.3) is 0 Å². The highest BCUT2D eigenvalue weighted by atomic mass is 32.2. The van der Waals surface area contributed by atoms with Crippen molar-refractivity contribution in [2.24, 2.45) is 0 Å². The molecular formula is C10H19NO4S. The molecule has 1 aliphatic carbocycles. The van der Waals surface area contributed by atoms with E-state index in [1.165, 1.54) is 0 Å². The fourth-order valence-electron chi connectivity index (χ4n) is 2.10. The second-order valence-corrected chi connectivity index (χ2v) is 6.80. The van der Waals surface area contributed by atoms with Gasteiger partial charge in [0.1, 0.15) is 0 Å². The molecule has 0 atom stereocenters. The quantitative estimate of drug-likeness (QED) is 0.735. The summed E-state index contributed by atoms with van der Waals surface area (Å²) in [5.41, 5.74) is -0.793. The van der Waals surface area contributed by atoms with Crippen molar-refractivity contribution in [1.82, 2.24) is 4.72 Å². The van der Waals surface area contributed by atoms with Crippen molar-refractivity contribution in [3.8, 4) is 0 Å². The van der Waals surface area contributed by atoms with Gasteiger partial charge in [-0.1, -0.05) is 0 Å². The number of rotatable bonds is 4. The van der Waals surface area contributed by atoms with Crippen LogP contribution in [0.25, 0.3) is 0 Å². The van der Waals surface area contributed by atoms with E-state index in [1.54, 1.807) is 0 Å². The van der Waals surface area contributed by atoms with Gasteiger partial charge in [0.15, 0.2) is 0 Å². The molecule has 0 aromatic carbocycles. The van der Waals surface area contributed by atoms with E-state index >= 15 is 0 Å². The van der Waals surface area contributed by atoms with Gasteiger partial charge in [-0.3, -0.25) is 0 Å². The summed E-state index contributed by atoms with van der Waals surface area (Å²) in [6.07, 6.45) is 3.48. The van der Waals surface area contributed by atoms with E-state index < -0.39 is 15.6 Å². The zero-order valence-electron chi connectivity index (χ0n) is 9.31. The summed E-state index contributed by atoms with van der Waals surface area (Å²) in [6, 6.07) is 0. The molecule has 16 heavy (non-hydrogen) atoms. The summed E-state index contributed by atoms with van der Waals surface area (Å²) in [4.78, 5) is 0. The van der Waals surface area contributed by atoms with Crippen LogP contribution < -0.4 is 4.72 Å². The molecule has 0 spiro atoms. The van der Waals surface area contributed by atoms with Crippen molar-refractivity contribution in [3.05, 3.63) is 0 Å². The Kier molecular flexibility index (Phi) is 3.53. The molecule has 0 aromatic heterocycles. The number of hydrogen-bond donors (Lipinski definition) is 2. The lowest BCUT2D eigenvalue weighted by Crippen LogP contribution is -2.50. The molecule has 94 valence electrons. The highest BCUT2D eigenvalue weighted by Crippen LogP contribution is 2.31. The predicted molar refractivity (Wildman–Crippen MR) is 59.6 cm³/mol. The molecule has 2 rings (SSSR count). The van der Waals surface area contributed by atoms with Crippen LogP contribution in [0.2, 0.25) is 0 Å². The van der Waals surface area contributed by atoms with E-state index in [2.05, 4.69) is 4.72 Å². The molecule has 0 radical (unpaired) electrons. The van der Waals surface area contributed by atoms with Gasteiger partial charge in [-0.25, -0.2) is 13.1 Å². The van der Waals surface area contributed by atoms with Crippen LogP contribution in [0.4, 0.5) is 0 Å². The van der Waals surface area contributed by atoms with Crippen LogP contribution in [0.3, 0.4) is 0 Å². The third-order valence-electron chi connectivity index (χ3n) is 3.49. The van der Waals surface area contributed by atoms with E-state index in [1.807, 2.05) is 0 Å². The molecule has 0 unspecified atom stereocenters. The van der Waals surface area contributed by atoms with Gasteiger partial charge in [-0.15, -0.1) is 0 Å². The predicted octanol–water partition coefficient (Wildman–Crippen LogP) is -0.000200. The van der Waals surface area contributed by atoms with Gasteiger partial charge in [0.05, 0.1) is 10.9 Å². The molecule has 2 fully saturated rings. The van der Waals surface area contributed by atoms with Crippen LogP contribution in [0, 0.1) is 0 Å². The number of hydrogen-bond acceptors (Lipinski definition) is 4. The number of sulfonamides is 1. The van der Waals surface area contributed by atoms with Crippen LogP contribution in [0.5, 0.6) is 0 Å². The second-order valence-electron chi connectivity index (χ2n) is 4.76. The van der Waals surface area contributed by atoms with E-state index in [9.17, 15) is 13.5 Å². The van der Waals surface area contributed by atoms with Crippen molar-refractivity contribution < 1.29 is 18.3 Å². The molecule has 0 amide bonds. The van der Waals surface area contributed by atoms with Crippen LogP contribution in [0.1, 0.15) is 32.1 Å². The van der Waals surface area contributed by atoms with Crippen LogP contribution in [-0.2, 0) is 14.8 Å². The standard InChI is InChI=1S/C10H19NO4S/c12-10(4-1-5-10)8-11-16(13,14)9-2-6-15-7-3-9/h9,11-12H,1-8H2. The van der Waals surface area contributed by atoms with E-state index in [4.69, 9.17) is 4.74 Å². The molecule has 1 saturated carbocycles. The number of nitrogens with one attached hydrogen (secondary N) is 1. The summed E-state index contributed by atoms with van der Waals surface area (Å²) in [7, 11) is -3.28. The van der Waals surface area contributed by atoms with Crippen LogP contribution >= 0.6 is 0 Å². The molecule has 5 nitrogen and oxygen atoms in total. The highest BCUT2D eigenvalue weighted by Gasteiger charge is 2.37. The normalized spacial score (nSPS) is 26.3.